The van der Waals surface area contributed by atoms with Gasteiger partial charge < -0.3 is 9.80 Å². The molecular weight excluding hydrogens is 441 g/mol. The summed E-state index contributed by atoms with van der Waals surface area (Å²) >= 11 is 0. The maximum absolute atomic E-state index is 13.7. The van der Waals surface area contributed by atoms with Crippen molar-refractivity contribution in [3.63, 3.8) is 0 Å². The molecule has 1 aliphatic rings. The second-order valence-electron chi connectivity index (χ2n) is 10.9. The number of benzene rings is 1. The van der Waals surface area contributed by atoms with Crippen molar-refractivity contribution in [2.45, 2.75) is 73.9 Å². The first-order chi connectivity index (χ1) is 16.6. The Kier molecular flexibility index (Phi) is 9.34. The van der Waals surface area contributed by atoms with Gasteiger partial charge in [-0.15, -0.1) is 0 Å². The Labute approximate surface area is 211 Å². The van der Waals surface area contributed by atoms with E-state index in [0.717, 1.165) is 61.9 Å². The molecule has 0 bridgehead atoms. The van der Waals surface area contributed by atoms with Crippen molar-refractivity contribution in [2.75, 3.05) is 37.6 Å². The number of rotatable bonds is 10. The van der Waals surface area contributed by atoms with E-state index >= 15 is 0 Å². The maximum atomic E-state index is 13.7. The molecule has 35 heavy (non-hydrogen) atoms. The van der Waals surface area contributed by atoms with Crippen LogP contribution in [-0.2, 0) is 17.8 Å². The number of carbonyl (C=O) groups excluding carboxylic acids is 1. The number of hydrogen-bond acceptors (Lipinski definition) is 4. The summed E-state index contributed by atoms with van der Waals surface area (Å²) in [6.07, 6.45) is 1.32. The molecule has 6 nitrogen and oxygen atoms in total. The zero-order chi connectivity index (χ0) is 25.7. The van der Waals surface area contributed by atoms with E-state index in [1.54, 1.807) is 12.1 Å². The first-order valence-electron chi connectivity index (χ1n) is 13.2. The number of amides is 1. The third kappa shape index (κ3) is 6.84. The number of aryl methyl sites for hydroxylation is 1. The van der Waals surface area contributed by atoms with Gasteiger partial charge in [-0.2, -0.15) is 5.10 Å². The fourth-order valence-electron chi connectivity index (χ4n) is 4.83. The van der Waals surface area contributed by atoms with Gasteiger partial charge in [0.25, 0.3) is 0 Å². The number of nitrogens with zero attached hydrogens (tertiary/aromatic N) is 5. The molecule has 194 valence electrons. The van der Waals surface area contributed by atoms with Crippen LogP contribution in [0.15, 0.2) is 24.3 Å². The second-order valence-corrected chi connectivity index (χ2v) is 10.9. The summed E-state index contributed by atoms with van der Waals surface area (Å²) in [6, 6.07) is 7.06. The topological polar surface area (TPSA) is 44.6 Å². The van der Waals surface area contributed by atoms with E-state index in [2.05, 4.69) is 58.3 Å². The second kappa shape index (κ2) is 12.0. The van der Waals surface area contributed by atoms with Gasteiger partial charge >= 0.3 is 0 Å². The van der Waals surface area contributed by atoms with Crippen molar-refractivity contribution in [1.82, 2.24) is 19.6 Å². The van der Waals surface area contributed by atoms with Gasteiger partial charge in [-0.25, -0.2) is 9.07 Å². The molecule has 0 spiro atoms. The van der Waals surface area contributed by atoms with Crippen LogP contribution in [0.4, 0.5) is 10.2 Å². The van der Waals surface area contributed by atoms with Gasteiger partial charge in [0.1, 0.15) is 11.6 Å². The van der Waals surface area contributed by atoms with Crippen LogP contribution in [0.1, 0.15) is 66.1 Å². The van der Waals surface area contributed by atoms with Crippen LogP contribution in [0, 0.1) is 17.7 Å². The quantitative estimate of drug-likeness (QED) is 0.468. The van der Waals surface area contributed by atoms with Gasteiger partial charge in [-0.1, -0.05) is 34.6 Å². The summed E-state index contributed by atoms with van der Waals surface area (Å²) in [7, 11) is 0. The van der Waals surface area contributed by atoms with E-state index in [1.165, 1.54) is 12.1 Å². The number of hydrogen-bond donors (Lipinski definition) is 0. The molecule has 7 heteroatoms. The highest BCUT2D eigenvalue weighted by Crippen LogP contribution is 2.31. The largest absolute Gasteiger partial charge is 0.354 e. The Bertz CT molecular complexity index is 958. The molecule has 2 aromatic rings. The summed E-state index contributed by atoms with van der Waals surface area (Å²) in [4.78, 5) is 20.2. The molecule has 1 aromatic heterocycles. The maximum Gasteiger partial charge on any atom is 0.223 e. The summed E-state index contributed by atoms with van der Waals surface area (Å²) in [5.41, 5.74) is 2.96. The average Bonchev–Trinajstić information content (AvgIpc) is 3.16. The monoisotopic (exact) mass is 485 g/mol. The normalized spacial score (nSPS) is 15.0. The van der Waals surface area contributed by atoms with Gasteiger partial charge in [0.15, 0.2) is 0 Å². The van der Waals surface area contributed by atoms with Gasteiger partial charge in [0, 0.05) is 50.7 Å². The minimum atomic E-state index is -0.258. The Balaban J connectivity index is 2.06. The molecule has 0 N–H and O–H groups in total. The highest BCUT2D eigenvalue weighted by molar-refractivity contribution is 5.76. The zero-order valence-corrected chi connectivity index (χ0v) is 22.7. The molecule has 1 aromatic carbocycles. The molecule has 0 unspecified atom stereocenters. The molecule has 1 aliphatic heterocycles. The molecule has 0 radical (unpaired) electrons. The third-order valence-corrected chi connectivity index (χ3v) is 6.66. The van der Waals surface area contributed by atoms with Crippen LogP contribution in [0.2, 0.25) is 0 Å². The fourth-order valence-corrected chi connectivity index (χ4v) is 4.83. The Morgan fingerprint density at radius 2 is 1.63 bits per heavy atom. The highest BCUT2D eigenvalue weighted by atomic mass is 19.1. The number of carbonyl (C=O) groups is 1. The van der Waals surface area contributed by atoms with Gasteiger partial charge in [0.05, 0.1) is 17.9 Å². The standard InChI is InChI=1S/C28H44FN5O/c1-8-26-25(19-33(18-21(4)5)27(35)17-20(2)3)28(32-15-13-31(14-16-32)22(6)7)34(30-26)24-11-9-23(29)10-12-24/h9-12,20-22H,8,13-19H2,1-7H3. The summed E-state index contributed by atoms with van der Waals surface area (Å²) in [5.74, 6) is 1.67. The Hall–Kier alpha value is -2.41. The van der Waals surface area contributed by atoms with E-state index in [9.17, 15) is 9.18 Å². The van der Waals surface area contributed by atoms with Gasteiger partial charge in [-0.3, -0.25) is 9.69 Å². The summed E-state index contributed by atoms with van der Waals surface area (Å²) in [6.45, 7) is 20.1. The lowest BCUT2D eigenvalue weighted by Crippen LogP contribution is -2.49. The molecule has 1 amide bonds. The summed E-state index contributed by atoms with van der Waals surface area (Å²) in [5, 5.41) is 5.01. The first-order valence-corrected chi connectivity index (χ1v) is 13.2. The lowest BCUT2D eigenvalue weighted by molar-refractivity contribution is -0.133. The van der Waals surface area contributed by atoms with Crippen molar-refractivity contribution in [1.29, 1.82) is 0 Å². The lowest BCUT2D eigenvalue weighted by Gasteiger charge is -2.38. The van der Waals surface area contributed by atoms with Crippen molar-refractivity contribution in [3.05, 3.63) is 41.3 Å². The predicted octanol–water partition coefficient (Wildman–Crippen LogP) is 5.13. The molecule has 0 aliphatic carbocycles. The number of halogens is 1. The van der Waals surface area contributed by atoms with Crippen molar-refractivity contribution >= 4 is 11.7 Å². The van der Waals surface area contributed by atoms with E-state index in [-0.39, 0.29) is 11.7 Å². The SMILES string of the molecule is CCc1nn(-c2ccc(F)cc2)c(N2CCN(C(C)C)CC2)c1CN(CC(C)C)C(=O)CC(C)C. The fraction of sp³-hybridized carbons (Fsp3) is 0.643. The van der Waals surface area contributed by atoms with Gasteiger partial charge in [-0.05, 0) is 56.4 Å². The number of piperazine rings is 1. The smallest absolute Gasteiger partial charge is 0.223 e. The number of anilines is 1. The van der Waals surface area contributed by atoms with Crippen LogP contribution >= 0.6 is 0 Å². The average molecular weight is 486 g/mol. The van der Waals surface area contributed by atoms with Gasteiger partial charge in [0.2, 0.25) is 5.91 Å². The molecule has 3 rings (SSSR count). The van der Waals surface area contributed by atoms with Crippen LogP contribution in [-0.4, -0.2) is 64.3 Å². The predicted molar refractivity (Wildman–Crippen MR) is 142 cm³/mol. The van der Waals surface area contributed by atoms with E-state index in [4.69, 9.17) is 5.10 Å². The number of aromatic nitrogens is 2. The minimum absolute atomic E-state index is 0.195. The lowest BCUT2D eigenvalue weighted by atomic mass is 10.1. The van der Waals surface area contributed by atoms with E-state index in [0.29, 0.717) is 30.8 Å². The molecule has 0 atom stereocenters. The third-order valence-electron chi connectivity index (χ3n) is 6.66. The molecule has 1 fully saturated rings. The Morgan fingerprint density at radius 1 is 1.00 bits per heavy atom. The van der Waals surface area contributed by atoms with Crippen molar-refractivity contribution in [2.24, 2.45) is 11.8 Å². The van der Waals surface area contributed by atoms with Crippen LogP contribution in [0.5, 0.6) is 0 Å². The Morgan fingerprint density at radius 3 is 2.14 bits per heavy atom. The van der Waals surface area contributed by atoms with Crippen LogP contribution in [0.25, 0.3) is 5.69 Å². The van der Waals surface area contributed by atoms with Crippen LogP contribution < -0.4 is 4.90 Å². The van der Waals surface area contributed by atoms with E-state index < -0.39 is 0 Å². The molecule has 1 saturated heterocycles. The molecule has 0 saturated carbocycles. The van der Waals surface area contributed by atoms with Crippen molar-refractivity contribution in [3.8, 4) is 5.69 Å². The highest BCUT2D eigenvalue weighted by Gasteiger charge is 2.29. The minimum Gasteiger partial charge on any atom is -0.354 e. The van der Waals surface area contributed by atoms with E-state index in [1.807, 2.05) is 9.58 Å². The molecule has 2 heterocycles. The molecular formula is C28H44FN5O. The zero-order valence-electron chi connectivity index (χ0n) is 22.7. The van der Waals surface area contributed by atoms with Crippen molar-refractivity contribution < 1.29 is 9.18 Å². The summed E-state index contributed by atoms with van der Waals surface area (Å²) < 4.78 is 15.7. The first kappa shape index (κ1) is 27.2. The van der Waals surface area contributed by atoms with Crippen LogP contribution in [0.3, 0.4) is 0 Å².